The van der Waals surface area contributed by atoms with E-state index < -0.39 is 66.5 Å². The second-order valence-corrected chi connectivity index (χ2v) is 8.81. The van der Waals surface area contributed by atoms with Crippen LogP contribution in [0.4, 0.5) is 0 Å². The minimum absolute atomic E-state index is 0.206. The number of nitrogens with zero attached hydrogens (tertiary/aromatic N) is 2. The number of para-hydroxylation sites is 1. The van der Waals surface area contributed by atoms with Crippen LogP contribution < -0.4 is 21.7 Å². The number of carbonyl (C=O) groups is 7. The summed E-state index contributed by atoms with van der Waals surface area (Å²) in [7, 11) is 0. The lowest BCUT2D eigenvalue weighted by molar-refractivity contribution is -0.144. The van der Waals surface area contributed by atoms with Crippen LogP contribution in [0.5, 0.6) is 0 Å². The Bertz CT molecular complexity index is 1310. The molecule has 1 aromatic heterocycles. The first-order valence-electron chi connectivity index (χ1n) is 12.1. The van der Waals surface area contributed by atoms with Crippen molar-refractivity contribution in [3.63, 3.8) is 0 Å². The van der Waals surface area contributed by atoms with Crippen molar-refractivity contribution in [2.24, 2.45) is 5.73 Å². The van der Waals surface area contributed by atoms with Crippen LogP contribution >= 0.6 is 0 Å². The second-order valence-electron chi connectivity index (χ2n) is 8.81. The first-order chi connectivity index (χ1) is 18.6. The number of nitrogens with one attached hydrogen (secondary N) is 3. The van der Waals surface area contributed by atoms with Gasteiger partial charge in [-0.2, -0.15) is 0 Å². The van der Waals surface area contributed by atoms with Crippen LogP contribution in [0.3, 0.4) is 0 Å². The summed E-state index contributed by atoms with van der Waals surface area (Å²) >= 11 is 0. The number of nitrogens with two attached hydrogens (primary N) is 1. The molecule has 0 aliphatic carbocycles. The fourth-order valence-electron chi connectivity index (χ4n) is 4.17. The molecule has 0 spiro atoms. The van der Waals surface area contributed by atoms with Gasteiger partial charge >= 0.3 is 5.97 Å². The molecule has 1 aliphatic heterocycles. The third-order valence-corrected chi connectivity index (χ3v) is 6.12. The predicted molar refractivity (Wildman–Crippen MR) is 135 cm³/mol. The van der Waals surface area contributed by atoms with Gasteiger partial charge in [-0.3, -0.25) is 33.8 Å². The number of rotatable bonds is 12. The number of ketones is 1. The standard InChI is InChI=1S/C25H28N6O8/c26-19(32)8-7-17(25(38)39)30-20(33)12-28-24(37)22(35)18-6-3-11-31(18)21(34)13-29-23(36)15-9-10-27-16-5-2-1-4-14(15)16/h1-2,4-5,9-10,17-18H,3,6-8,11-13H2,(H2,26,32)(H,28,37)(H,29,36)(H,30,33)(H,38,39)/t17-,18-/m0/s1. The molecule has 6 N–H and O–H groups in total. The number of Topliss-reactive ketones (excluding diaryl/α,β-unsaturated/α-hetero) is 1. The largest absolute Gasteiger partial charge is 0.480 e. The van der Waals surface area contributed by atoms with Crippen molar-refractivity contribution >= 4 is 52.2 Å². The van der Waals surface area contributed by atoms with Crippen LogP contribution in [0.15, 0.2) is 36.5 Å². The van der Waals surface area contributed by atoms with Crippen LogP contribution in [0.2, 0.25) is 0 Å². The van der Waals surface area contributed by atoms with E-state index in [0.29, 0.717) is 22.9 Å². The fraction of sp³-hybridized carbons (Fsp3) is 0.360. The lowest BCUT2D eigenvalue weighted by Crippen LogP contribution is -2.51. The van der Waals surface area contributed by atoms with Crippen LogP contribution in [0.1, 0.15) is 36.0 Å². The van der Waals surface area contributed by atoms with E-state index in [1.165, 1.54) is 17.2 Å². The summed E-state index contributed by atoms with van der Waals surface area (Å²) < 4.78 is 0. The monoisotopic (exact) mass is 540 g/mol. The van der Waals surface area contributed by atoms with E-state index in [-0.39, 0.29) is 25.8 Å². The van der Waals surface area contributed by atoms with E-state index in [4.69, 9.17) is 10.8 Å². The molecule has 2 aromatic rings. The average molecular weight is 541 g/mol. The minimum atomic E-state index is -1.40. The number of hydrogen-bond acceptors (Lipinski definition) is 8. The number of aliphatic carboxylic acids is 1. The smallest absolute Gasteiger partial charge is 0.326 e. The highest BCUT2D eigenvalue weighted by molar-refractivity contribution is 6.38. The molecule has 2 atom stereocenters. The molecule has 1 fully saturated rings. The van der Waals surface area contributed by atoms with Crippen LogP contribution in [-0.4, -0.2) is 88.0 Å². The fourth-order valence-corrected chi connectivity index (χ4v) is 4.17. The van der Waals surface area contributed by atoms with E-state index in [2.05, 4.69) is 20.9 Å². The molecule has 0 unspecified atom stereocenters. The third-order valence-electron chi connectivity index (χ3n) is 6.12. The first-order valence-corrected chi connectivity index (χ1v) is 12.1. The highest BCUT2D eigenvalue weighted by Gasteiger charge is 2.37. The Labute approximate surface area is 222 Å². The van der Waals surface area contributed by atoms with Gasteiger partial charge in [0.2, 0.25) is 23.5 Å². The summed E-state index contributed by atoms with van der Waals surface area (Å²) in [6, 6.07) is 6.09. The number of carbonyl (C=O) groups excluding carboxylic acids is 6. The number of likely N-dealkylation sites (tertiary alicyclic amines) is 1. The number of hydrogen-bond donors (Lipinski definition) is 5. The Morgan fingerprint density at radius 1 is 1.05 bits per heavy atom. The molecule has 14 heteroatoms. The Hall–Kier alpha value is -4.88. The number of carboxylic acids is 1. The maximum absolute atomic E-state index is 12.8. The van der Waals surface area contributed by atoms with E-state index in [1.54, 1.807) is 24.3 Å². The van der Waals surface area contributed by atoms with Gasteiger partial charge in [-0.15, -0.1) is 0 Å². The summed E-state index contributed by atoms with van der Waals surface area (Å²) in [5, 5.41) is 16.5. The van der Waals surface area contributed by atoms with Crippen molar-refractivity contribution in [2.75, 3.05) is 19.6 Å². The lowest BCUT2D eigenvalue weighted by Gasteiger charge is -2.23. The Balaban J connectivity index is 1.52. The number of primary amides is 1. The topological polar surface area (TPSA) is 218 Å². The molecule has 14 nitrogen and oxygen atoms in total. The summed E-state index contributed by atoms with van der Waals surface area (Å²) in [5.41, 5.74) is 5.94. The van der Waals surface area contributed by atoms with E-state index in [1.807, 2.05) is 0 Å². The molecule has 5 amide bonds. The molecule has 0 bridgehead atoms. The van der Waals surface area contributed by atoms with Gasteiger partial charge < -0.3 is 31.7 Å². The van der Waals surface area contributed by atoms with E-state index in [9.17, 15) is 33.6 Å². The first kappa shape index (κ1) is 28.7. The van der Waals surface area contributed by atoms with Gasteiger partial charge in [0.25, 0.3) is 11.8 Å². The average Bonchev–Trinajstić information content (AvgIpc) is 3.41. The van der Waals surface area contributed by atoms with Crippen LogP contribution in [0, 0.1) is 0 Å². The van der Waals surface area contributed by atoms with Crippen molar-refractivity contribution in [1.29, 1.82) is 0 Å². The molecule has 1 saturated heterocycles. The number of fused-ring (bicyclic) bond motifs is 1. The van der Waals surface area contributed by atoms with Crippen molar-refractivity contribution in [2.45, 2.75) is 37.8 Å². The Kier molecular flexibility index (Phi) is 9.62. The van der Waals surface area contributed by atoms with Crippen molar-refractivity contribution in [1.82, 2.24) is 25.8 Å². The van der Waals surface area contributed by atoms with Crippen molar-refractivity contribution in [3.05, 3.63) is 42.1 Å². The normalized spacial score (nSPS) is 15.3. The van der Waals surface area contributed by atoms with Crippen LogP contribution in [0.25, 0.3) is 10.9 Å². The quantitative estimate of drug-likeness (QED) is 0.197. The van der Waals surface area contributed by atoms with Gasteiger partial charge in [0, 0.05) is 24.5 Å². The second kappa shape index (κ2) is 13.1. The van der Waals surface area contributed by atoms with Gasteiger partial charge in [-0.1, -0.05) is 18.2 Å². The maximum atomic E-state index is 12.8. The highest BCUT2D eigenvalue weighted by atomic mass is 16.4. The number of aromatic nitrogens is 1. The van der Waals surface area contributed by atoms with Gasteiger partial charge in [0.1, 0.15) is 12.1 Å². The lowest BCUT2D eigenvalue weighted by atomic mass is 10.1. The molecular weight excluding hydrogens is 512 g/mol. The zero-order valence-electron chi connectivity index (χ0n) is 20.8. The number of amides is 5. The van der Waals surface area contributed by atoms with Gasteiger partial charge in [0.05, 0.1) is 24.2 Å². The Morgan fingerprint density at radius 3 is 2.51 bits per heavy atom. The highest BCUT2D eigenvalue weighted by Crippen LogP contribution is 2.19. The molecule has 1 aliphatic rings. The summed E-state index contributed by atoms with van der Waals surface area (Å²) in [5.74, 6) is -6.13. The molecule has 0 saturated carbocycles. The molecule has 206 valence electrons. The number of benzene rings is 1. The summed E-state index contributed by atoms with van der Waals surface area (Å²) in [4.78, 5) is 90.1. The molecule has 39 heavy (non-hydrogen) atoms. The summed E-state index contributed by atoms with van der Waals surface area (Å²) in [6.07, 6.45) is 1.65. The molecule has 3 rings (SSSR count). The van der Waals surface area contributed by atoms with Crippen molar-refractivity contribution in [3.8, 4) is 0 Å². The van der Waals surface area contributed by atoms with Gasteiger partial charge in [0.15, 0.2) is 0 Å². The molecule has 2 heterocycles. The zero-order chi connectivity index (χ0) is 28.5. The minimum Gasteiger partial charge on any atom is -0.480 e. The van der Waals surface area contributed by atoms with Crippen molar-refractivity contribution < 1.29 is 38.7 Å². The predicted octanol–water partition coefficient (Wildman–Crippen LogP) is -1.52. The maximum Gasteiger partial charge on any atom is 0.326 e. The molecular formula is C25H28N6O8. The number of pyridine rings is 1. The Morgan fingerprint density at radius 2 is 1.79 bits per heavy atom. The zero-order valence-corrected chi connectivity index (χ0v) is 20.8. The van der Waals surface area contributed by atoms with Gasteiger partial charge in [-0.05, 0) is 31.4 Å². The van der Waals surface area contributed by atoms with Crippen LogP contribution in [-0.2, 0) is 28.8 Å². The third kappa shape index (κ3) is 7.56. The molecule has 1 aromatic carbocycles. The van der Waals surface area contributed by atoms with Gasteiger partial charge in [-0.25, -0.2) is 4.79 Å². The number of carboxylic acid groups (broad SMARTS) is 1. The summed E-state index contributed by atoms with van der Waals surface area (Å²) in [6.45, 7) is -0.885. The van der Waals surface area contributed by atoms with E-state index >= 15 is 0 Å². The molecule has 0 radical (unpaired) electrons. The SMILES string of the molecule is NC(=O)CC[C@H](NC(=O)CNC(=O)C(=O)[C@@H]1CCCN1C(=O)CNC(=O)c1ccnc2ccccc12)C(=O)O. The van der Waals surface area contributed by atoms with E-state index in [0.717, 1.165) is 0 Å².